The molecule has 0 aliphatic rings. The fourth-order valence-electron chi connectivity index (χ4n) is 1.55. The van der Waals surface area contributed by atoms with E-state index in [-0.39, 0.29) is 10.6 Å². The molecule has 21 heavy (non-hydrogen) atoms. The van der Waals surface area contributed by atoms with Crippen molar-refractivity contribution in [2.24, 2.45) is 0 Å². The number of hydrogen-bond acceptors (Lipinski definition) is 3. The molecule has 112 valence electrons. The molecule has 0 spiro atoms. The number of anilines is 1. The third-order valence-corrected chi connectivity index (χ3v) is 4.77. The van der Waals surface area contributed by atoms with Gasteiger partial charge in [0, 0.05) is 15.6 Å². The van der Waals surface area contributed by atoms with Crippen molar-refractivity contribution in [1.29, 1.82) is 0 Å². The molecule has 0 unspecified atom stereocenters. The van der Waals surface area contributed by atoms with Crippen molar-refractivity contribution >= 4 is 39.1 Å². The van der Waals surface area contributed by atoms with Crippen molar-refractivity contribution in [2.45, 2.75) is 15.5 Å². The summed E-state index contributed by atoms with van der Waals surface area (Å²) in [6.07, 6.45) is 0. The average molecular weight is 350 g/mol. The lowest BCUT2D eigenvalue weighted by Crippen LogP contribution is -2.12. The zero-order chi connectivity index (χ0) is 15.5. The lowest BCUT2D eigenvalue weighted by Gasteiger charge is -2.09. The van der Waals surface area contributed by atoms with E-state index in [1.54, 1.807) is 6.07 Å². The highest BCUT2D eigenvalue weighted by molar-refractivity contribution is 7.99. The van der Waals surface area contributed by atoms with Gasteiger partial charge in [0.15, 0.2) is 0 Å². The van der Waals surface area contributed by atoms with Gasteiger partial charge < -0.3 is 0 Å². The Labute approximate surface area is 130 Å². The van der Waals surface area contributed by atoms with Gasteiger partial charge in [-0.25, -0.2) is 8.42 Å². The van der Waals surface area contributed by atoms with Crippen molar-refractivity contribution in [3.05, 3.63) is 53.6 Å². The molecule has 0 saturated heterocycles. The molecule has 3 nitrogen and oxygen atoms in total. The maximum Gasteiger partial charge on any atom is 0.288 e. The number of thioether (sulfide) groups is 1. The molecular formula is C13H10ClF2NO2S2. The second-order valence-electron chi connectivity index (χ2n) is 3.97. The van der Waals surface area contributed by atoms with E-state index in [1.165, 1.54) is 42.5 Å². The maximum absolute atomic E-state index is 12.2. The molecular weight excluding hydrogens is 340 g/mol. The summed E-state index contributed by atoms with van der Waals surface area (Å²) in [5.74, 6) is -2.51. The van der Waals surface area contributed by atoms with Crippen molar-refractivity contribution in [3.63, 3.8) is 0 Å². The van der Waals surface area contributed by atoms with Gasteiger partial charge in [-0.15, -0.1) is 0 Å². The van der Waals surface area contributed by atoms with E-state index in [2.05, 4.69) is 4.72 Å². The molecule has 0 aliphatic carbocycles. The topological polar surface area (TPSA) is 46.2 Å². The van der Waals surface area contributed by atoms with Crippen LogP contribution in [-0.2, 0) is 10.0 Å². The summed E-state index contributed by atoms with van der Waals surface area (Å²) in [5, 5.41) is 0.307. The first-order chi connectivity index (χ1) is 9.87. The van der Waals surface area contributed by atoms with Crippen molar-refractivity contribution in [3.8, 4) is 0 Å². The molecule has 0 amide bonds. The highest BCUT2D eigenvalue weighted by Crippen LogP contribution is 2.27. The van der Waals surface area contributed by atoms with Crippen LogP contribution in [0.5, 0.6) is 0 Å². The average Bonchev–Trinajstić information content (AvgIpc) is 2.40. The van der Waals surface area contributed by atoms with E-state index in [0.717, 1.165) is 0 Å². The van der Waals surface area contributed by atoms with E-state index in [0.29, 0.717) is 21.7 Å². The lowest BCUT2D eigenvalue weighted by molar-refractivity contribution is 0.252. The second-order valence-corrected chi connectivity index (χ2v) is 7.15. The van der Waals surface area contributed by atoms with Crippen LogP contribution in [0.15, 0.2) is 58.3 Å². The van der Waals surface area contributed by atoms with Crippen LogP contribution >= 0.6 is 23.4 Å². The fraction of sp³-hybridized carbons (Fsp3) is 0.0769. The SMILES string of the molecule is O=S(=O)(Nc1ccc(SC(F)F)cc1)c1cccc(Cl)c1. The number of benzene rings is 2. The summed E-state index contributed by atoms with van der Waals surface area (Å²) >= 11 is 6.15. The summed E-state index contributed by atoms with van der Waals surface area (Å²) in [7, 11) is -3.76. The quantitative estimate of drug-likeness (QED) is 0.811. The molecule has 0 aromatic heterocycles. The number of alkyl halides is 2. The Balaban J connectivity index is 2.17. The summed E-state index contributed by atoms with van der Waals surface area (Å²) in [6, 6.07) is 11.5. The summed E-state index contributed by atoms with van der Waals surface area (Å²) in [5.41, 5.74) is 0.286. The molecule has 0 radical (unpaired) electrons. The van der Waals surface area contributed by atoms with E-state index >= 15 is 0 Å². The Morgan fingerprint density at radius 3 is 2.33 bits per heavy atom. The van der Waals surface area contributed by atoms with Gasteiger partial charge in [-0.2, -0.15) is 8.78 Å². The first kappa shape index (κ1) is 16.1. The van der Waals surface area contributed by atoms with Gasteiger partial charge in [-0.1, -0.05) is 29.4 Å². The van der Waals surface area contributed by atoms with Crippen LogP contribution < -0.4 is 4.72 Å². The predicted octanol–water partition coefficient (Wildman–Crippen LogP) is 4.46. The van der Waals surface area contributed by atoms with Gasteiger partial charge in [0.25, 0.3) is 15.8 Å². The van der Waals surface area contributed by atoms with Crippen LogP contribution in [-0.4, -0.2) is 14.2 Å². The summed E-state index contributed by atoms with van der Waals surface area (Å²) in [4.78, 5) is 0.386. The van der Waals surface area contributed by atoms with Gasteiger partial charge in [-0.3, -0.25) is 4.72 Å². The lowest BCUT2D eigenvalue weighted by atomic mass is 10.3. The van der Waals surface area contributed by atoms with Gasteiger partial charge in [0.1, 0.15) is 0 Å². The monoisotopic (exact) mass is 349 g/mol. The highest BCUT2D eigenvalue weighted by Gasteiger charge is 2.14. The first-order valence-corrected chi connectivity index (χ1v) is 8.44. The van der Waals surface area contributed by atoms with Crippen LogP contribution in [0.2, 0.25) is 5.02 Å². The van der Waals surface area contributed by atoms with E-state index < -0.39 is 15.8 Å². The standard InChI is InChI=1S/C13H10ClF2NO2S2/c14-9-2-1-3-12(8-9)21(18,19)17-10-4-6-11(7-5-10)20-13(15)16/h1-8,13,17H. The Kier molecular flexibility index (Phi) is 5.08. The minimum absolute atomic E-state index is 0.0287. The zero-order valence-electron chi connectivity index (χ0n) is 10.5. The highest BCUT2D eigenvalue weighted by atomic mass is 35.5. The first-order valence-electron chi connectivity index (χ1n) is 5.70. The van der Waals surface area contributed by atoms with Crippen LogP contribution in [0.3, 0.4) is 0 Å². The van der Waals surface area contributed by atoms with E-state index in [9.17, 15) is 17.2 Å². The van der Waals surface area contributed by atoms with Gasteiger partial charge >= 0.3 is 0 Å². The predicted molar refractivity (Wildman–Crippen MR) is 80.6 cm³/mol. The Bertz CT molecular complexity index is 721. The molecule has 0 bridgehead atoms. The molecule has 1 N–H and O–H groups in total. The Hall–Kier alpha value is -1.31. The molecule has 0 aliphatic heterocycles. The molecule has 8 heteroatoms. The second kappa shape index (κ2) is 6.64. The number of sulfonamides is 1. The summed E-state index contributed by atoms with van der Waals surface area (Å²) < 4.78 is 51.0. The van der Waals surface area contributed by atoms with Crippen molar-refractivity contribution in [1.82, 2.24) is 0 Å². The van der Waals surface area contributed by atoms with Crippen LogP contribution in [0.4, 0.5) is 14.5 Å². The zero-order valence-corrected chi connectivity index (χ0v) is 12.9. The van der Waals surface area contributed by atoms with Gasteiger partial charge in [0.05, 0.1) is 4.90 Å². The number of nitrogens with one attached hydrogen (secondary N) is 1. The molecule has 2 aromatic carbocycles. The summed E-state index contributed by atoms with van der Waals surface area (Å²) in [6.45, 7) is 0. The molecule has 0 saturated carbocycles. The van der Waals surface area contributed by atoms with Gasteiger partial charge in [-0.05, 0) is 42.5 Å². The smallest absolute Gasteiger partial charge is 0.280 e. The molecule has 0 fully saturated rings. The molecule has 2 rings (SSSR count). The minimum atomic E-state index is -3.76. The van der Waals surface area contributed by atoms with E-state index in [4.69, 9.17) is 11.6 Å². The Morgan fingerprint density at radius 2 is 1.76 bits per heavy atom. The fourth-order valence-corrected chi connectivity index (χ4v) is 3.41. The third kappa shape index (κ3) is 4.59. The van der Waals surface area contributed by atoms with Gasteiger partial charge in [0.2, 0.25) is 0 Å². The van der Waals surface area contributed by atoms with Crippen LogP contribution in [0, 0.1) is 0 Å². The van der Waals surface area contributed by atoms with E-state index in [1.807, 2.05) is 0 Å². The van der Waals surface area contributed by atoms with Crippen molar-refractivity contribution < 1.29 is 17.2 Å². The number of hydrogen-bond donors (Lipinski definition) is 1. The maximum atomic E-state index is 12.2. The molecule has 2 aromatic rings. The number of halogens is 3. The number of rotatable bonds is 5. The van der Waals surface area contributed by atoms with Crippen molar-refractivity contribution in [2.75, 3.05) is 4.72 Å². The Morgan fingerprint density at radius 1 is 1.10 bits per heavy atom. The third-order valence-electron chi connectivity index (χ3n) is 2.44. The minimum Gasteiger partial charge on any atom is -0.280 e. The molecule has 0 atom stereocenters. The van der Waals surface area contributed by atoms with Crippen LogP contribution in [0.25, 0.3) is 0 Å². The largest absolute Gasteiger partial charge is 0.288 e. The molecule has 0 heterocycles. The van der Waals surface area contributed by atoms with Crippen LogP contribution in [0.1, 0.15) is 0 Å². The normalized spacial score (nSPS) is 11.6.